The molecule has 8 heteroatoms. The Kier molecular flexibility index (Phi) is 9.83. The van der Waals surface area contributed by atoms with Gasteiger partial charge in [-0.1, -0.05) is 36.4 Å². The minimum atomic E-state index is -0.413. The van der Waals surface area contributed by atoms with Gasteiger partial charge in [0.25, 0.3) is 0 Å². The number of carbonyl (C=O) groups is 2. The predicted octanol–water partition coefficient (Wildman–Crippen LogP) is 8.45. The number of hydrogen-bond donors (Lipinski definition) is 0. The van der Waals surface area contributed by atoms with E-state index in [1.54, 1.807) is 0 Å². The van der Waals surface area contributed by atoms with Gasteiger partial charge in [0.05, 0.1) is 17.7 Å². The topological polar surface area (TPSA) is 74.3 Å². The molecular weight excluding hydrogens is 646 g/mol. The molecule has 2 aliphatic carbocycles. The van der Waals surface area contributed by atoms with Crippen molar-refractivity contribution in [3.05, 3.63) is 104 Å². The molecule has 0 spiro atoms. The number of nitrogens with zero attached hydrogens (tertiary/aromatic N) is 1. The monoisotopic (exact) mass is 685 g/mol. The number of allylic oxidation sites excluding steroid dienone is 4. The Morgan fingerprint density at radius 3 is 1.98 bits per heavy atom. The highest BCUT2D eigenvalue weighted by atomic mass is 79.9. The predicted molar refractivity (Wildman–Crippen MR) is 180 cm³/mol. The van der Waals surface area contributed by atoms with E-state index in [9.17, 15) is 9.59 Å². The van der Waals surface area contributed by atoms with E-state index >= 15 is 0 Å². The Labute approximate surface area is 279 Å². The van der Waals surface area contributed by atoms with Crippen LogP contribution in [0, 0.1) is 0 Å². The van der Waals surface area contributed by atoms with Crippen LogP contribution in [0.1, 0.15) is 75.0 Å². The maximum absolute atomic E-state index is 13.5. The standard InChI is InChI=1S/C38H40BrNO6/c1-4-43-33-19-25(17-18-32(33)45-22-24-11-7-6-8-12-24)23-46-38-27(39)20-26(21-34(38)44-5-2)35-36-28(13-9-15-30(36)41)40(3)29-14-10-16-31(42)37(29)35/h6-8,11-12,17-21,35H,4-5,9-10,13-16,22-23H2,1-3H3. The number of hydrogen-bond acceptors (Lipinski definition) is 7. The molecular formula is C38H40BrNO6. The lowest BCUT2D eigenvalue weighted by Crippen LogP contribution is -2.37. The van der Waals surface area contributed by atoms with Gasteiger partial charge in [-0.25, -0.2) is 0 Å². The number of carbonyl (C=O) groups excluding carboxylic acids is 2. The molecule has 0 atom stereocenters. The van der Waals surface area contributed by atoms with Crippen LogP contribution in [0.4, 0.5) is 0 Å². The van der Waals surface area contributed by atoms with Crippen LogP contribution in [0.2, 0.25) is 0 Å². The molecule has 3 aliphatic rings. The fourth-order valence-electron chi connectivity index (χ4n) is 6.76. The number of halogens is 1. The summed E-state index contributed by atoms with van der Waals surface area (Å²) in [5.41, 5.74) is 6.45. The number of benzene rings is 3. The molecule has 0 bridgehead atoms. The van der Waals surface area contributed by atoms with Gasteiger partial charge >= 0.3 is 0 Å². The molecule has 0 N–H and O–H groups in total. The zero-order valence-corrected chi connectivity index (χ0v) is 28.3. The summed E-state index contributed by atoms with van der Waals surface area (Å²) >= 11 is 3.76. The van der Waals surface area contributed by atoms with Crippen molar-refractivity contribution in [1.29, 1.82) is 0 Å². The zero-order valence-electron chi connectivity index (χ0n) is 26.7. The third-order valence-electron chi connectivity index (χ3n) is 8.84. The molecule has 0 aromatic heterocycles. The first-order chi connectivity index (χ1) is 22.4. The van der Waals surface area contributed by atoms with Crippen LogP contribution in [0.3, 0.4) is 0 Å². The molecule has 6 rings (SSSR count). The minimum Gasteiger partial charge on any atom is -0.490 e. The molecule has 1 aliphatic heterocycles. The van der Waals surface area contributed by atoms with Crippen molar-refractivity contribution in [3.63, 3.8) is 0 Å². The molecule has 0 saturated heterocycles. The Bertz CT molecular complexity index is 1650. The fraction of sp³-hybridized carbons (Fsp3) is 0.368. The molecule has 0 amide bonds. The Morgan fingerprint density at radius 2 is 1.33 bits per heavy atom. The SMILES string of the molecule is CCOc1cc(COc2c(Br)cc(C3C4=C(CCCC4=O)N(C)C4=C3C(=O)CCC4)cc2OCC)ccc1OCc1ccccc1. The second-order valence-electron chi connectivity index (χ2n) is 11.8. The van der Waals surface area contributed by atoms with E-state index in [1.165, 1.54) is 0 Å². The van der Waals surface area contributed by atoms with Crippen LogP contribution in [-0.2, 0) is 22.8 Å². The smallest absolute Gasteiger partial charge is 0.175 e. The van der Waals surface area contributed by atoms with Crippen LogP contribution < -0.4 is 18.9 Å². The molecule has 0 fully saturated rings. The van der Waals surface area contributed by atoms with E-state index in [-0.39, 0.29) is 18.2 Å². The summed E-state index contributed by atoms with van der Waals surface area (Å²) in [6.07, 6.45) is 4.33. The first-order valence-corrected chi connectivity index (χ1v) is 17.0. The van der Waals surface area contributed by atoms with E-state index in [0.717, 1.165) is 64.9 Å². The van der Waals surface area contributed by atoms with Crippen molar-refractivity contribution in [2.75, 3.05) is 20.3 Å². The van der Waals surface area contributed by atoms with E-state index in [1.807, 2.05) is 81.6 Å². The lowest BCUT2D eigenvalue weighted by atomic mass is 9.71. The summed E-state index contributed by atoms with van der Waals surface area (Å²) in [7, 11) is 2.01. The maximum atomic E-state index is 13.5. The second kappa shape index (κ2) is 14.2. The average Bonchev–Trinajstić information content (AvgIpc) is 3.05. The van der Waals surface area contributed by atoms with Crippen molar-refractivity contribution >= 4 is 27.5 Å². The van der Waals surface area contributed by atoms with Gasteiger partial charge in [-0.3, -0.25) is 9.59 Å². The lowest BCUT2D eigenvalue weighted by molar-refractivity contribution is -0.117. The van der Waals surface area contributed by atoms with Gasteiger partial charge in [0.15, 0.2) is 34.6 Å². The number of ether oxygens (including phenoxy) is 4. The van der Waals surface area contributed by atoms with Crippen LogP contribution in [0.5, 0.6) is 23.0 Å². The molecule has 0 saturated carbocycles. The molecule has 1 heterocycles. The molecule has 3 aromatic rings. The van der Waals surface area contributed by atoms with Gasteiger partial charge < -0.3 is 23.8 Å². The first kappa shape index (κ1) is 31.9. The van der Waals surface area contributed by atoms with Crippen molar-refractivity contribution in [1.82, 2.24) is 4.90 Å². The third-order valence-corrected chi connectivity index (χ3v) is 9.43. The van der Waals surface area contributed by atoms with E-state index in [0.29, 0.717) is 60.1 Å². The summed E-state index contributed by atoms with van der Waals surface area (Å²) in [6, 6.07) is 19.8. The van der Waals surface area contributed by atoms with Crippen LogP contribution in [-0.4, -0.2) is 36.7 Å². The van der Waals surface area contributed by atoms with Crippen LogP contribution >= 0.6 is 15.9 Å². The Balaban J connectivity index is 1.29. The Hall–Kier alpha value is -4.04. The van der Waals surface area contributed by atoms with Gasteiger partial charge in [-0.15, -0.1) is 0 Å². The molecule has 7 nitrogen and oxygen atoms in total. The summed E-state index contributed by atoms with van der Waals surface area (Å²) in [4.78, 5) is 29.1. The highest BCUT2D eigenvalue weighted by molar-refractivity contribution is 9.10. The van der Waals surface area contributed by atoms with Gasteiger partial charge in [0.2, 0.25) is 0 Å². The van der Waals surface area contributed by atoms with Crippen molar-refractivity contribution < 1.29 is 28.5 Å². The number of rotatable bonds is 11. The highest BCUT2D eigenvalue weighted by Gasteiger charge is 2.42. The largest absolute Gasteiger partial charge is 0.490 e. The van der Waals surface area contributed by atoms with E-state index in [4.69, 9.17) is 18.9 Å². The summed E-state index contributed by atoms with van der Waals surface area (Å²) in [5.74, 6) is 2.29. The number of Topliss-reactive ketones (excluding diaryl/α,β-unsaturated/α-hetero) is 2. The summed E-state index contributed by atoms with van der Waals surface area (Å²) < 4.78 is 25.2. The summed E-state index contributed by atoms with van der Waals surface area (Å²) in [6.45, 7) is 5.53. The van der Waals surface area contributed by atoms with Crippen molar-refractivity contribution in [3.8, 4) is 23.0 Å². The third kappa shape index (κ3) is 6.45. The van der Waals surface area contributed by atoms with Gasteiger partial charge in [0, 0.05) is 48.3 Å². The lowest BCUT2D eigenvalue weighted by Gasteiger charge is -2.42. The molecule has 240 valence electrons. The van der Waals surface area contributed by atoms with Crippen LogP contribution in [0.25, 0.3) is 0 Å². The zero-order chi connectivity index (χ0) is 32.2. The molecule has 46 heavy (non-hydrogen) atoms. The van der Waals surface area contributed by atoms with Crippen molar-refractivity contribution in [2.24, 2.45) is 0 Å². The van der Waals surface area contributed by atoms with Crippen molar-refractivity contribution in [2.45, 2.75) is 71.5 Å². The maximum Gasteiger partial charge on any atom is 0.175 e. The highest BCUT2D eigenvalue weighted by Crippen LogP contribution is 2.50. The van der Waals surface area contributed by atoms with Gasteiger partial charge in [-0.05, 0) is 96.4 Å². The molecule has 0 radical (unpaired) electrons. The number of ketones is 2. The van der Waals surface area contributed by atoms with E-state index < -0.39 is 5.92 Å². The average molecular weight is 687 g/mol. The van der Waals surface area contributed by atoms with Gasteiger partial charge in [0.1, 0.15) is 13.2 Å². The molecule has 3 aromatic carbocycles. The normalized spacial score (nSPS) is 16.7. The Morgan fingerprint density at radius 1 is 0.696 bits per heavy atom. The van der Waals surface area contributed by atoms with Crippen LogP contribution in [0.15, 0.2) is 87.7 Å². The van der Waals surface area contributed by atoms with E-state index in [2.05, 4.69) is 20.8 Å². The minimum absolute atomic E-state index is 0.124. The quantitative estimate of drug-likeness (QED) is 0.201. The first-order valence-electron chi connectivity index (χ1n) is 16.2. The fourth-order valence-corrected chi connectivity index (χ4v) is 7.34. The molecule has 0 unspecified atom stereocenters. The second-order valence-corrected chi connectivity index (χ2v) is 12.7. The van der Waals surface area contributed by atoms with Gasteiger partial charge in [-0.2, -0.15) is 0 Å². The summed E-state index contributed by atoms with van der Waals surface area (Å²) in [5, 5.41) is 0.